The molecule has 154 valence electrons. The fraction of sp³-hybridized carbons (Fsp3) is 0.263. The first kappa shape index (κ1) is 22.2. The van der Waals surface area contributed by atoms with Gasteiger partial charge in [-0.05, 0) is 46.6 Å². The maximum absolute atomic E-state index is 11.8. The Balaban J connectivity index is 2.16. The lowest BCUT2D eigenvalue weighted by Crippen LogP contribution is -2.27. The Morgan fingerprint density at radius 1 is 1.31 bits per heavy atom. The monoisotopic (exact) mass is 464 g/mol. The van der Waals surface area contributed by atoms with Crippen molar-refractivity contribution in [3.05, 3.63) is 56.5 Å². The average Bonchev–Trinajstić information content (AvgIpc) is 2.67. The van der Waals surface area contributed by atoms with Crippen molar-refractivity contribution in [3.63, 3.8) is 0 Å². The molecule has 29 heavy (non-hydrogen) atoms. The summed E-state index contributed by atoms with van der Waals surface area (Å²) < 4.78 is 11.8. The van der Waals surface area contributed by atoms with Gasteiger partial charge in [-0.2, -0.15) is 5.10 Å². The minimum Gasteiger partial charge on any atom is -0.490 e. The third-order valence-electron chi connectivity index (χ3n) is 3.63. The van der Waals surface area contributed by atoms with Crippen LogP contribution in [-0.4, -0.2) is 49.3 Å². The number of anilines is 1. The molecule has 1 N–H and O–H groups in total. The number of amides is 1. The van der Waals surface area contributed by atoms with E-state index < -0.39 is 4.92 Å². The molecule has 0 saturated carbocycles. The summed E-state index contributed by atoms with van der Waals surface area (Å²) in [4.78, 5) is 23.6. The first-order chi connectivity index (χ1) is 13.8. The van der Waals surface area contributed by atoms with E-state index in [0.29, 0.717) is 33.8 Å². The minimum absolute atomic E-state index is 0.0275. The first-order valence-electron chi connectivity index (χ1n) is 8.64. The molecule has 0 radical (unpaired) electrons. The van der Waals surface area contributed by atoms with E-state index in [4.69, 9.17) is 9.47 Å². The Morgan fingerprint density at radius 2 is 2.07 bits per heavy atom. The van der Waals surface area contributed by atoms with Gasteiger partial charge in [-0.3, -0.25) is 20.3 Å². The van der Waals surface area contributed by atoms with Crippen LogP contribution in [0.25, 0.3) is 0 Å². The molecular weight excluding hydrogens is 444 g/mol. The third-order valence-corrected chi connectivity index (χ3v) is 4.22. The molecule has 9 nitrogen and oxygen atoms in total. The number of hydrogen-bond acceptors (Lipinski definition) is 7. The number of carbonyl (C=O) groups excluding carboxylic acids is 1. The molecule has 0 aliphatic carbocycles. The molecule has 2 rings (SSSR count). The predicted molar refractivity (Wildman–Crippen MR) is 114 cm³/mol. The molecular formula is C19H21BrN4O5. The number of carbonyl (C=O) groups is 1. The highest BCUT2D eigenvalue weighted by Crippen LogP contribution is 2.36. The van der Waals surface area contributed by atoms with Gasteiger partial charge in [0, 0.05) is 26.2 Å². The number of nitrogens with zero attached hydrogens (tertiary/aromatic N) is 3. The Morgan fingerprint density at radius 3 is 2.72 bits per heavy atom. The number of ether oxygens (including phenoxy) is 2. The number of nitro benzene ring substituents is 1. The number of nitro groups is 1. The van der Waals surface area contributed by atoms with Crippen molar-refractivity contribution >= 4 is 39.4 Å². The number of benzene rings is 2. The summed E-state index contributed by atoms with van der Waals surface area (Å²) in [7, 11) is 3.30. The van der Waals surface area contributed by atoms with Gasteiger partial charge >= 0.3 is 0 Å². The summed E-state index contributed by atoms with van der Waals surface area (Å²) >= 11 is 3.43. The molecule has 1 amide bonds. The highest BCUT2D eigenvalue weighted by atomic mass is 79.9. The van der Waals surface area contributed by atoms with Crippen LogP contribution in [0.3, 0.4) is 0 Å². The van der Waals surface area contributed by atoms with Crippen molar-refractivity contribution in [2.75, 3.05) is 32.7 Å². The molecule has 0 unspecified atom stereocenters. The van der Waals surface area contributed by atoms with E-state index in [2.05, 4.69) is 26.5 Å². The van der Waals surface area contributed by atoms with Gasteiger partial charge in [0.2, 0.25) is 0 Å². The summed E-state index contributed by atoms with van der Waals surface area (Å²) in [5.74, 6) is 0.710. The van der Waals surface area contributed by atoms with Gasteiger partial charge < -0.3 is 14.4 Å². The highest BCUT2D eigenvalue weighted by Gasteiger charge is 2.14. The van der Waals surface area contributed by atoms with Crippen molar-refractivity contribution in [1.82, 2.24) is 4.90 Å². The zero-order chi connectivity index (χ0) is 21.4. The largest absolute Gasteiger partial charge is 0.490 e. The van der Waals surface area contributed by atoms with Gasteiger partial charge in [0.1, 0.15) is 0 Å². The lowest BCUT2D eigenvalue weighted by atomic mass is 10.2. The number of non-ortho nitro benzene ring substituents is 1. The van der Waals surface area contributed by atoms with Crippen LogP contribution in [0.1, 0.15) is 12.5 Å². The van der Waals surface area contributed by atoms with E-state index in [1.165, 1.54) is 17.0 Å². The van der Waals surface area contributed by atoms with Crippen molar-refractivity contribution < 1.29 is 19.2 Å². The summed E-state index contributed by atoms with van der Waals surface area (Å²) in [6.45, 7) is 2.14. The Kier molecular flexibility index (Phi) is 7.96. The molecule has 10 heteroatoms. The normalized spacial score (nSPS) is 10.6. The summed E-state index contributed by atoms with van der Waals surface area (Å²) in [5.41, 5.74) is 3.91. The maximum atomic E-state index is 11.8. The summed E-state index contributed by atoms with van der Waals surface area (Å²) in [6, 6.07) is 9.52. The van der Waals surface area contributed by atoms with Crippen LogP contribution in [0.2, 0.25) is 0 Å². The van der Waals surface area contributed by atoms with E-state index in [1.807, 2.05) is 6.92 Å². The number of nitrogens with one attached hydrogen (secondary N) is 1. The Hall–Kier alpha value is -3.14. The van der Waals surface area contributed by atoms with Gasteiger partial charge in [0.25, 0.3) is 11.6 Å². The fourth-order valence-electron chi connectivity index (χ4n) is 2.20. The summed E-state index contributed by atoms with van der Waals surface area (Å²) in [5, 5.41) is 14.9. The molecule has 0 aliphatic rings. The average molecular weight is 465 g/mol. The number of likely N-dealkylation sites (N-methyl/N-ethyl adjacent to an activating group) is 1. The second-order valence-corrected chi connectivity index (χ2v) is 6.87. The molecule has 0 saturated heterocycles. The molecule has 0 heterocycles. The Bertz CT molecular complexity index is 917. The van der Waals surface area contributed by atoms with E-state index >= 15 is 0 Å². The molecule has 0 aliphatic heterocycles. The van der Waals surface area contributed by atoms with E-state index in [-0.39, 0.29) is 18.2 Å². The van der Waals surface area contributed by atoms with Crippen LogP contribution >= 0.6 is 15.9 Å². The molecule has 0 fully saturated rings. The highest BCUT2D eigenvalue weighted by molar-refractivity contribution is 9.10. The van der Waals surface area contributed by atoms with Crippen molar-refractivity contribution in [3.8, 4) is 11.5 Å². The van der Waals surface area contributed by atoms with Crippen molar-refractivity contribution in [2.45, 2.75) is 6.92 Å². The quantitative estimate of drug-likeness (QED) is 0.344. The van der Waals surface area contributed by atoms with E-state index in [9.17, 15) is 14.9 Å². The number of halogens is 1. The van der Waals surface area contributed by atoms with Gasteiger partial charge in [-0.1, -0.05) is 6.07 Å². The lowest BCUT2D eigenvalue weighted by Gasteiger charge is -2.16. The topological polar surface area (TPSA) is 106 Å². The third kappa shape index (κ3) is 6.46. The van der Waals surface area contributed by atoms with E-state index in [1.54, 1.807) is 44.6 Å². The van der Waals surface area contributed by atoms with Crippen molar-refractivity contribution in [1.29, 1.82) is 0 Å². The summed E-state index contributed by atoms with van der Waals surface area (Å²) in [6.07, 6.45) is 1.54. The Labute approximate surface area is 176 Å². The second kappa shape index (κ2) is 10.4. The maximum Gasteiger partial charge on any atom is 0.271 e. The lowest BCUT2D eigenvalue weighted by molar-refractivity contribution is -0.384. The number of hydrogen-bond donors (Lipinski definition) is 1. The predicted octanol–water partition coefficient (Wildman–Crippen LogP) is 3.67. The minimum atomic E-state index is -0.472. The van der Waals surface area contributed by atoms with E-state index in [0.717, 1.165) is 0 Å². The molecule has 2 aromatic carbocycles. The van der Waals surface area contributed by atoms with Gasteiger partial charge in [0.15, 0.2) is 18.1 Å². The van der Waals surface area contributed by atoms with Crippen LogP contribution in [-0.2, 0) is 4.79 Å². The number of rotatable bonds is 9. The zero-order valence-corrected chi connectivity index (χ0v) is 17.8. The molecule has 0 atom stereocenters. The smallest absolute Gasteiger partial charge is 0.271 e. The molecule has 0 spiro atoms. The van der Waals surface area contributed by atoms with Crippen LogP contribution in [0.4, 0.5) is 11.4 Å². The van der Waals surface area contributed by atoms with Crippen LogP contribution in [0.5, 0.6) is 11.5 Å². The molecule has 0 bridgehead atoms. The SMILES string of the molecule is CCOc1cc(/C=N/Nc2cccc([N+](=O)[O-])c2)cc(Br)c1OCC(=O)N(C)C. The second-order valence-electron chi connectivity index (χ2n) is 6.02. The standard InChI is InChI=1S/C19H21BrN4O5/c1-4-28-17-9-13(8-16(20)19(17)29-12-18(25)23(2)3)11-21-22-14-6-5-7-15(10-14)24(26)27/h5-11,22H,4,12H2,1-3H3/b21-11+. The van der Waals surface area contributed by atoms with Crippen molar-refractivity contribution in [2.24, 2.45) is 5.10 Å². The number of hydrazone groups is 1. The van der Waals surface area contributed by atoms with Gasteiger partial charge in [-0.15, -0.1) is 0 Å². The molecule has 2 aromatic rings. The van der Waals surface area contributed by atoms with Gasteiger partial charge in [0.05, 0.1) is 27.9 Å². The van der Waals surface area contributed by atoms with Crippen LogP contribution in [0, 0.1) is 10.1 Å². The molecule has 0 aromatic heterocycles. The van der Waals surface area contributed by atoms with Crippen LogP contribution < -0.4 is 14.9 Å². The van der Waals surface area contributed by atoms with Gasteiger partial charge in [-0.25, -0.2) is 0 Å². The zero-order valence-electron chi connectivity index (χ0n) is 16.2. The van der Waals surface area contributed by atoms with Crippen LogP contribution in [0.15, 0.2) is 46.0 Å². The fourth-order valence-corrected chi connectivity index (χ4v) is 2.77. The first-order valence-corrected chi connectivity index (χ1v) is 9.44.